The van der Waals surface area contributed by atoms with Gasteiger partial charge in [-0.3, -0.25) is 0 Å². The first-order valence-corrected chi connectivity index (χ1v) is 10.6. The third-order valence-electron chi connectivity index (χ3n) is 3.60. The molecule has 0 saturated heterocycles. The molecule has 9 heteroatoms. The molecule has 0 spiro atoms. The molecule has 144 valence electrons. The van der Waals surface area contributed by atoms with Gasteiger partial charge >= 0.3 is 10.2 Å². The van der Waals surface area contributed by atoms with E-state index in [0.717, 1.165) is 12.1 Å². The normalized spacial score (nSPS) is 14.7. The van der Waals surface area contributed by atoms with Crippen LogP contribution in [-0.2, 0) is 10.9 Å². The molecule has 0 saturated carbocycles. The summed E-state index contributed by atoms with van der Waals surface area (Å²) in [6.45, 7) is 0. The van der Waals surface area contributed by atoms with E-state index in [2.05, 4.69) is 0 Å². The lowest BCUT2D eigenvalue weighted by molar-refractivity contribution is 0.364. The van der Waals surface area contributed by atoms with Gasteiger partial charge in [0.25, 0.3) is 0 Å². The van der Waals surface area contributed by atoms with Crippen molar-refractivity contribution in [2.45, 2.75) is 19.6 Å². The van der Waals surface area contributed by atoms with Crippen LogP contribution in [0.5, 0.6) is 0 Å². The molecule has 27 heavy (non-hydrogen) atoms. The second-order valence-electron chi connectivity index (χ2n) is 5.65. The smallest absolute Gasteiger partial charge is 0.207 e. The van der Waals surface area contributed by atoms with Gasteiger partial charge in [-0.05, 0) is 72.8 Å². The number of rotatable bonds is 4. The molecule has 0 atom stereocenters. The van der Waals surface area contributed by atoms with E-state index in [-0.39, 0.29) is 0 Å². The highest BCUT2D eigenvalue weighted by molar-refractivity contribution is 8.45. The standard InChI is InChI=1S/C18H12F7S2/c19-13-1-5-15(6-2-13)26(16-7-3-14(20)4-8-16)17-9-11-18(12-10-17)27(21,22,23,24)25/h1-12H/q+1. The fourth-order valence-corrected chi connectivity index (χ4v) is 5.07. The first-order valence-electron chi connectivity index (χ1n) is 7.43. The summed E-state index contributed by atoms with van der Waals surface area (Å²) in [5, 5.41) is 0. The zero-order valence-corrected chi connectivity index (χ0v) is 15.0. The molecule has 3 aromatic carbocycles. The molecule has 3 aromatic rings. The molecule has 0 fully saturated rings. The molecule has 0 aliphatic rings. The minimum atomic E-state index is -9.77. The fourth-order valence-electron chi connectivity index (χ4n) is 2.38. The van der Waals surface area contributed by atoms with Gasteiger partial charge in [-0.1, -0.05) is 19.4 Å². The second-order valence-corrected chi connectivity index (χ2v) is 10.1. The summed E-state index contributed by atoms with van der Waals surface area (Å²) in [5.41, 5.74) is 0. The first-order chi connectivity index (χ1) is 12.3. The monoisotopic (exact) mass is 425 g/mol. The molecule has 0 amide bonds. The quantitative estimate of drug-likeness (QED) is 0.297. The molecule has 0 aromatic heterocycles. The molecular weight excluding hydrogens is 413 g/mol. The van der Waals surface area contributed by atoms with Crippen LogP contribution in [0.3, 0.4) is 0 Å². The second kappa shape index (κ2) is 5.93. The van der Waals surface area contributed by atoms with E-state index in [1.807, 2.05) is 0 Å². The molecule has 0 N–H and O–H groups in total. The predicted octanol–water partition coefficient (Wildman–Crippen LogP) is 7.72. The first kappa shape index (κ1) is 19.6. The Balaban J connectivity index is 2.11. The molecule has 0 radical (unpaired) electrons. The summed E-state index contributed by atoms with van der Waals surface area (Å²) in [6, 6.07) is 13.1. The SMILES string of the molecule is Fc1ccc([S+](c2ccc(F)cc2)c2ccc(S(F)(F)(F)(F)F)cc2)cc1. The maximum absolute atomic E-state index is 13.2. The van der Waals surface area contributed by atoms with Crippen LogP contribution in [0.1, 0.15) is 0 Å². The van der Waals surface area contributed by atoms with Crippen LogP contribution in [0.4, 0.5) is 28.2 Å². The van der Waals surface area contributed by atoms with E-state index in [9.17, 15) is 28.2 Å². The number of halogens is 7. The molecule has 0 nitrogen and oxygen atoms in total. The fraction of sp³-hybridized carbons (Fsp3) is 0. The summed E-state index contributed by atoms with van der Waals surface area (Å²) >= 11 is 0. The highest BCUT2D eigenvalue weighted by Gasteiger charge is 2.65. The number of hydrogen-bond acceptors (Lipinski definition) is 0. The maximum atomic E-state index is 13.2. The van der Waals surface area contributed by atoms with Crippen LogP contribution in [-0.4, -0.2) is 0 Å². The molecule has 0 aliphatic heterocycles. The van der Waals surface area contributed by atoms with Crippen molar-refractivity contribution in [3.63, 3.8) is 0 Å². The van der Waals surface area contributed by atoms with Crippen LogP contribution in [0, 0.1) is 11.6 Å². The molecule has 0 unspecified atom stereocenters. The van der Waals surface area contributed by atoms with Gasteiger partial charge in [-0.25, -0.2) is 8.78 Å². The molecule has 3 rings (SSSR count). The Kier molecular flexibility index (Phi) is 4.31. The molecule has 0 bridgehead atoms. The summed E-state index contributed by atoms with van der Waals surface area (Å²) in [5.74, 6) is -1.00. The largest absolute Gasteiger partial charge is 0.310 e. The summed E-state index contributed by atoms with van der Waals surface area (Å²) in [7, 11) is -10.8. The van der Waals surface area contributed by atoms with Crippen molar-refractivity contribution in [1.82, 2.24) is 0 Å². The highest BCUT2D eigenvalue weighted by Crippen LogP contribution is 3.02. The van der Waals surface area contributed by atoms with Crippen LogP contribution < -0.4 is 0 Å². The summed E-state index contributed by atoms with van der Waals surface area (Å²) in [4.78, 5) is -0.592. The van der Waals surface area contributed by atoms with Crippen molar-refractivity contribution in [3.05, 3.63) is 84.4 Å². The minimum Gasteiger partial charge on any atom is -0.207 e. The van der Waals surface area contributed by atoms with E-state index in [0.29, 0.717) is 26.8 Å². The van der Waals surface area contributed by atoms with Crippen molar-refractivity contribution in [3.8, 4) is 0 Å². The van der Waals surface area contributed by atoms with Crippen molar-refractivity contribution < 1.29 is 28.2 Å². The lowest BCUT2D eigenvalue weighted by Crippen LogP contribution is -2.08. The van der Waals surface area contributed by atoms with Gasteiger partial charge in [0.1, 0.15) is 16.5 Å². The van der Waals surface area contributed by atoms with E-state index in [1.165, 1.54) is 48.5 Å². The van der Waals surface area contributed by atoms with Gasteiger partial charge in [-0.15, -0.1) is 0 Å². The predicted molar refractivity (Wildman–Crippen MR) is 92.8 cm³/mol. The van der Waals surface area contributed by atoms with Crippen molar-refractivity contribution in [2.24, 2.45) is 0 Å². The molecular formula is C18H12F7S2+. The lowest BCUT2D eigenvalue weighted by atomic mass is 10.3. The Morgan fingerprint density at radius 2 is 0.778 bits per heavy atom. The minimum absolute atomic E-state index is 0.304. The van der Waals surface area contributed by atoms with Crippen molar-refractivity contribution in [2.75, 3.05) is 0 Å². The Morgan fingerprint density at radius 3 is 1.07 bits per heavy atom. The highest BCUT2D eigenvalue weighted by atomic mass is 32.5. The molecule has 0 heterocycles. The van der Waals surface area contributed by atoms with Gasteiger partial charge < -0.3 is 0 Å². The zero-order chi connectivity index (χ0) is 19.9. The average molecular weight is 425 g/mol. The van der Waals surface area contributed by atoms with Crippen LogP contribution in [0.2, 0.25) is 0 Å². The third-order valence-corrected chi connectivity index (χ3v) is 7.00. The average Bonchev–Trinajstić information content (AvgIpc) is 2.57. The Morgan fingerprint density at radius 1 is 0.481 bits per heavy atom. The topological polar surface area (TPSA) is 0 Å². The Bertz CT molecular complexity index is 903. The van der Waals surface area contributed by atoms with E-state index in [4.69, 9.17) is 0 Å². The van der Waals surface area contributed by atoms with Gasteiger partial charge in [0.15, 0.2) is 14.7 Å². The van der Waals surface area contributed by atoms with E-state index >= 15 is 0 Å². The van der Waals surface area contributed by atoms with Gasteiger partial charge in [0.2, 0.25) is 0 Å². The number of hydrogen-bond donors (Lipinski definition) is 0. The van der Waals surface area contributed by atoms with Gasteiger partial charge in [0.05, 0.1) is 10.9 Å². The summed E-state index contributed by atoms with van der Waals surface area (Å²) < 4.78 is 91.1. The van der Waals surface area contributed by atoms with Crippen LogP contribution >= 0.6 is 10.2 Å². The molecule has 0 aliphatic carbocycles. The number of benzene rings is 3. The Hall–Kier alpha value is -2.13. The van der Waals surface area contributed by atoms with Crippen molar-refractivity contribution in [1.29, 1.82) is 0 Å². The van der Waals surface area contributed by atoms with E-state index < -0.39 is 37.6 Å². The maximum Gasteiger partial charge on any atom is 0.310 e. The third kappa shape index (κ3) is 4.59. The van der Waals surface area contributed by atoms with Gasteiger partial charge in [-0.2, -0.15) is 0 Å². The lowest BCUT2D eigenvalue weighted by Gasteiger charge is -2.40. The van der Waals surface area contributed by atoms with Crippen molar-refractivity contribution >= 4 is 21.1 Å². The summed E-state index contributed by atoms with van der Waals surface area (Å²) in [6.07, 6.45) is 0. The van der Waals surface area contributed by atoms with E-state index in [1.54, 1.807) is 0 Å². The van der Waals surface area contributed by atoms with Gasteiger partial charge in [0, 0.05) is 0 Å². The zero-order valence-electron chi connectivity index (χ0n) is 13.4. The van der Waals surface area contributed by atoms with Crippen LogP contribution in [0.25, 0.3) is 0 Å². The Labute approximate surface area is 153 Å². The van der Waals surface area contributed by atoms with Crippen LogP contribution in [0.15, 0.2) is 92.4 Å².